The van der Waals surface area contributed by atoms with Gasteiger partial charge < -0.3 is 5.32 Å². The largest absolute Gasteiger partial charge is 0.348 e. The molecule has 1 atom stereocenters. The molecular weight excluding hydrogens is 378 g/mol. The number of hydrogen-bond acceptors (Lipinski definition) is 1. The van der Waals surface area contributed by atoms with Crippen LogP contribution < -0.4 is 5.32 Å². The fourth-order valence-corrected chi connectivity index (χ4v) is 3.94. The Hall–Kier alpha value is -2.87. The van der Waals surface area contributed by atoms with Gasteiger partial charge >= 0.3 is 0 Å². The number of amides is 1. The number of carbonyl (C=O) groups is 1. The Labute approximate surface area is 187 Å². The molecule has 1 N–H and O–H groups in total. The van der Waals surface area contributed by atoms with Crippen molar-refractivity contribution in [1.29, 1.82) is 0 Å². The lowest BCUT2D eigenvalue weighted by molar-refractivity contribution is 0.0949. The molecule has 0 saturated carbocycles. The van der Waals surface area contributed by atoms with Crippen molar-refractivity contribution in [3.8, 4) is 0 Å². The van der Waals surface area contributed by atoms with E-state index in [0.717, 1.165) is 41.5 Å². The monoisotopic (exact) mass is 413 g/mol. The average Bonchev–Trinajstić information content (AvgIpc) is 2.75. The van der Waals surface area contributed by atoms with Crippen LogP contribution in [-0.2, 0) is 19.4 Å². The van der Waals surface area contributed by atoms with Gasteiger partial charge in [0, 0.05) is 12.1 Å². The van der Waals surface area contributed by atoms with E-state index in [-0.39, 0.29) is 5.91 Å². The second-order valence-corrected chi connectivity index (χ2v) is 9.10. The van der Waals surface area contributed by atoms with Crippen molar-refractivity contribution in [2.45, 2.75) is 60.4 Å². The standard InChI is InChI=1S/C29H35NO/c1-20-6-11-25(12-7-20)19-30-29(31)28-17-22(3)9-15-27(28)14-8-21(2)16-26-13-10-23(4)24(5)18-26/h6-7,9-13,15,17-18,21H,8,14,16,19H2,1-5H3,(H,30,31). The smallest absolute Gasteiger partial charge is 0.251 e. The molecule has 0 radical (unpaired) electrons. The van der Waals surface area contributed by atoms with Crippen LogP contribution in [0.25, 0.3) is 0 Å². The molecule has 2 nitrogen and oxygen atoms in total. The highest BCUT2D eigenvalue weighted by atomic mass is 16.1. The lowest BCUT2D eigenvalue weighted by atomic mass is 9.91. The average molecular weight is 414 g/mol. The van der Waals surface area contributed by atoms with Gasteiger partial charge in [0.15, 0.2) is 0 Å². The highest BCUT2D eigenvalue weighted by Crippen LogP contribution is 2.20. The topological polar surface area (TPSA) is 29.1 Å². The third-order valence-electron chi connectivity index (χ3n) is 6.15. The molecule has 1 amide bonds. The summed E-state index contributed by atoms with van der Waals surface area (Å²) in [4.78, 5) is 13.0. The third-order valence-corrected chi connectivity index (χ3v) is 6.15. The zero-order valence-corrected chi connectivity index (χ0v) is 19.6. The maximum atomic E-state index is 13.0. The molecule has 0 heterocycles. The fraction of sp³-hybridized carbons (Fsp3) is 0.345. The summed E-state index contributed by atoms with van der Waals surface area (Å²) in [5.41, 5.74) is 9.52. The van der Waals surface area contributed by atoms with Gasteiger partial charge in [-0.15, -0.1) is 0 Å². The van der Waals surface area contributed by atoms with Crippen molar-refractivity contribution < 1.29 is 4.79 Å². The quantitative estimate of drug-likeness (QED) is 0.439. The van der Waals surface area contributed by atoms with Crippen LogP contribution in [0.5, 0.6) is 0 Å². The van der Waals surface area contributed by atoms with E-state index in [1.54, 1.807) is 0 Å². The van der Waals surface area contributed by atoms with E-state index in [1.807, 2.05) is 13.0 Å². The lowest BCUT2D eigenvalue weighted by Gasteiger charge is -2.15. The van der Waals surface area contributed by atoms with Crippen LogP contribution in [-0.4, -0.2) is 5.91 Å². The van der Waals surface area contributed by atoms with E-state index < -0.39 is 0 Å². The number of carbonyl (C=O) groups excluding carboxylic acids is 1. The first-order valence-electron chi connectivity index (χ1n) is 11.3. The summed E-state index contributed by atoms with van der Waals surface area (Å²) in [5.74, 6) is 0.577. The Balaban J connectivity index is 1.62. The number of hydrogen-bond donors (Lipinski definition) is 1. The van der Waals surface area contributed by atoms with Crippen LogP contribution in [0.2, 0.25) is 0 Å². The van der Waals surface area contributed by atoms with Crippen molar-refractivity contribution in [2.75, 3.05) is 0 Å². The van der Waals surface area contributed by atoms with Crippen LogP contribution in [0.3, 0.4) is 0 Å². The molecule has 0 saturated heterocycles. The van der Waals surface area contributed by atoms with Crippen LogP contribution in [0.15, 0.2) is 60.7 Å². The summed E-state index contributed by atoms with van der Waals surface area (Å²) in [6.07, 6.45) is 3.05. The van der Waals surface area contributed by atoms with Crippen molar-refractivity contribution in [2.24, 2.45) is 5.92 Å². The van der Waals surface area contributed by atoms with Gasteiger partial charge in [-0.2, -0.15) is 0 Å². The Morgan fingerprint density at radius 2 is 1.48 bits per heavy atom. The fourth-order valence-electron chi connectivity index (χ4n) is 3.94. The van der Waals surface area contributed by atoms with Crippen molar-refractivity contribution in [3.05, 3.63) is 105 Å². The van der Waals surface area contributed by atoms with Crippen molar-refractivity contribution in [3.63, 3.8) is 0 Å². The van der Waals surface area contributed by atoms with Gasteiger partial charge in [0.25, 0.3) is 5.91 Å². The second kappa shape index (κ2) is 10.4. The highest BCUT2D eigenvalue weighted by molar-refractivity contribution is 5.95. The lowest BCUT2D eigenvalue weighted by Crippen LogP contribution is -2.24. The van der Waals surface area contributed by atoms with Crippen molar-refractivity contribution >= 4 is 5.91 Å². The number of benzene rings is 3. The first-order valence-corrected chi connectivity index (χ1v) is 11.3. The molecule has 0 fully saturated rings. The number of nitrogens with one attached hydrogen (secondary N) is 1. The van der Waals surface area contributed by atoms with E-state index in [0.29, 0.717) is 12.5 Å². The first kappa shape index (κ1) is 22.8. The molecular formula is C29H35NO. The Bertz CT molecular complexity index is 1030. The van der Waals surface area contributed by atoms with Crippen LogP contribution in [0, 0.1) is 33.6 Å². The number of aryl methyl sites for hydroxylation is 5. The van der Waals surface area contributed by atoms with Crippen LogP contribution >= 0.6 is 0 Å². The predicted octanol–water partition coefficient (Wildman–Crippen LogP) is 6.66. The van der Waals surface area contributed by atoms with E-state index in [2.05, 4.69) is 87.6 Å². The molecule has 0 aliphatic heterocycles. The van der Waals surface area contributed by atoms with Crippen LogP contribution in [0.4, 0.5) is 0 Å². The van der Waals surface area contributed by atoms with Gasteiger partial charge in [0.05, 0.1) is 0 Å². The van der Waals surface area contributed by atoms with Gasteiger partial charge in [-0.05, 0) is 86.8 Å². The SMILES string of the molecule is Cc1ccc(CNC(=O)c2cc(C)ccc2CCC(C)Cc2ccc(C)c(C)c2)cc1. The van der Waals surface area contributed by atoms with E-state index in [9.17, 15) is 4.79 Å². The highest BCUT2D eigenvalue weighted by Gasteiger charge is 2.13. The van der Waals surface area contributed by atoms with Gasteiger partial charge in [0.1, 0.15) is 0 Å². The Morgan fingerprint density at radius 3 is 2.19 bits per heavy atom. The molecule has 31 heavy (non-hydrogen) atoms. The molecule has 2 heteroatoms. The van der Waals surface area contributed by atoms with E-state index >= 15 is 0 Å². The van der Waals surface area contributed by atoms with E-state index in [4.69, 9.17) is 0 Å². The normalized spacial score (nSPS) is 11.9. The maximum Gasteiger partial charge on any atom is 0.251 e. The van der Waals surface area contributed by atoms with Crippen LogP contribution in [0.1, 0.15) is 62.6 Å². The van der Waals surface area contributed by atoms with Crippen molar-refractivity contribution in [1.82, 2.24) is 5.32 Å². The van der Waals surface area contributed by atoms with Gasteiger partial charge in [-0.3, -0.25) is 4.79 Å². The minimum Gasteiger partial charge on any atom is -0.348 e. The molecule has 162 valence electrons. The summed E-state index contributed by atoms with van der Waals surface area (Å²) >= 11 is 0. The Kier molecular flexibility index (Phi) is 7.68. The molecule has 0 aliphatic carbocycles. The predicted molar refractivity (Wildman–Crippen MR) is 131 cm³/mol. The van der Waals surface area contributed by atoms with Gasteiger partial charge in [-0.1, -0.05) is 72.6 Å². The molecule has 3 aromatic rings. The summed E-state index contributed by atoms with van der Waals surface area (Å²) in [6.45, 7) is 11.3. The van der Waals surface area contributed by atoms with Gasteiger partial charge in [-0.25, -0.2) is 0 Å². The molecule has 0 aromatic heterocycles. The molecule has 1 unspecified atom stereocenters. The second-order valence-electron chi connectivity index (χ2n) is 9.10. The van der Waals surface area contributed by atoms with Gasteiger partial charge in [0.2, 0.25) is 0 Å². The molecule has 0 spiro atoms. The molecule has 3 aromatic carbocycles. The zero-order chi connectivity index (χ0) is 22.4. The Morgan fingerprint density at radius 1 is 0.806 bits per heavy atom. The molecule has 0 aliphatic rings. The number of rotatable bonds is 8. The first-order chi connectivity index (χ1) is 14.8. The third kappa shape index (κ3) is 6.55. The molecule has 0 bridgehead atoms. The minimum absolute atomic E-state index is 0.0149. The summed E-state index contributed by atoms with van der Waals surface area (Å²) < 4.78 is 0. The summed E-state index contributed by atoms with van der Waals surface area (Å²) in [5, 5.41) is 3.10. The molecule has 3 rings (SSSR count). The maximum absolute atomic E-state index is 13.0. The minimum atomic E-state index is 0.0149. The summed E-state index contributed by atoms with van der Waals surface area (Å²) in [7, 11) is 0. The van der Waals surface area contributed by atoms with E-state index in [1.165, 1.54) is 22.3 Å². The summed E-state index contributed by atoms with van der Waals surface area (Å²) in [6, 6.07) is 21.3. The zero-order valence-electron chi connectivity index (χ0n) is 19.6.